The van der Waals surface area contributed by atoms with E-state index in [1.165, 1.54) is 5.56 Å². The molecule has 0 unspecified atom stereocenters. The van der Waals surface area contributed by atoms with E-state index in [2.05, 4.69) is 55.4 Å². The third kappa shape index (κ3) is 3.17. The van der Waals surface area contributed by atoms with Crippen molar-refractivity contribution in [2.75, 3.05) is 37.6 Å². The van der Waals surface area contributed by atoms with Crippen molar-refractivity contribution in [3.05, 3.63) is 54.4 Å². The molecule has 6 heteroatoms. The Morgan fingerprint density at radius 1 is 0.913 bits per heavy atom. The maximum atomic E-state index is 4.58. The first-order valence-electron chi connectivity index (χ1n) is 8.07. The first kappa shape index (κ1) is 14.1. The van der Waals surface area contributed by atoms with Gasteiger partial charge in [-0.2, -0.15) is 4.52 Å². The van der Waals surface area contributed by atoms with Crippen LogP contribution in [-0.4, -0.2) is 57.4 Å². The molecule has 1 fully saturated rings. The predicted octanol–water partition coefficient (Wildman–Crippen LogP) is 1.49. The lowest BCUT2D eigenvalue weighted by Gasteiger charge is -2.35. The standard InChI is InChI=1S/C17H20N6/c1-2-4-15(5-3-1)8-9-21-10-12-22(13-11-21)17-7-6-16-19-18-14-23(16)20-17/h1-7,14H,8-13H2. The maximum absolute atomic E-state index is 4.58. The highest BCUT2D eigenvalue weighted by Crippen LogP contribution is 2.14. The number of nitrogens with zero attached hydrogens (tertiary/aromatic N) is 6. The van der Waals surface area contributed by atoms with E-state index in [0.29, 0.717) is 0 Å². The highest BCUT2D eigenvalue weighted by molar-refractivity contribution is 5.45. The highest BCUT2D eigenvalue weighted by Gasteiger charge is 2.18. The minimum atomic E-state index is 0.787. The molecule has 2 aromatic heterocycles. The van der Waals surface area contributed by atoms with E-state index >= 15 is 0 Å². The van der Waals surface area contributed by atoms with E-state index in [0.717, 1.165) is 50.6 Å². The second-order valence-electron chi connectivity index (χ2n) is 5.89. The summed E-state index contributed by atoms with van der Waals surface area (Å²) in [6, 6.07) is 14.7. The largest absolute Gasteiger partial charge is 0.353 e. The molecule has 0 N–H and O–H groups in total. The van der Waals surface area contributed by atoms with Gasteiger partial charge in [-0.15, -0.1) is 15.3 Å². The number of fused-ring (bicyclic) bond motifs is 1. The molecule has 0 saturated carbocycles. The van der Waals surface area contributed by atoms with Crippen molar-refractivity contribution in [3.8, 4) is 0 Å². The van der Waals surface area contributed by atoms with Crippen molar-refractivity contribution in [1.82, 2.24) is 24.7 Å². The lowest BCUT2D eigenvalue weighted by Crippen LogP contribution is -2.47. The molecule has 118 valence electrons. The Labute approximate surface area is 135 Å². The lowest BCUT2D eigenvalue weighted by molar-refractivity contribution is 0.260. The molecule has 0 bridgehead atoms. The molecule has 23 heavy (non-hydrogen) atoms. The average molecular weight is 308 g/mol. The first-order valence-corrected chi connectivity index (χ1v) is 8.07. The van der Waals surface area contributed by atoms with Gasteiger partial charge in [0.15, 0.2) is 5.65 Å². The van der Waals surface area contributed by atoms with Gasteiger partial charge in [-0.3, -0.25) is 4.90 Å². The minimum absolute atomic E-state index is 0.787. The van der Waals surface area contributed by atoms with Crippen LogP contribution in [0.3, 0.4) is 0 Å². The molecular formula is C17H20N6. The zero-order chi connectivity index (χ0) is 15.5. The topological polar surface area (TPSA) is 49.6 Å². The molecule has 0 atom stereocenters. The van der Waals surface area contributed by atoms with Gasteiger partial charge in [-0.05, 0) is 24.1 Å². The van der Waals surface area contributed by atoms with Crippen molar-refractivity contribution in [1.29, 1.82) is 0 Å². The second-order valence-corrected chi connectivity index (χ2v) is 5.89. The molecule has 0 aliphatic carbocycles. The number of aromatic nitrogens is 4. The van der Waals surface area contributed by atoms with E-state index in [4.69, 9.17) is 0 Å². The Bertz CT molecular complexity index is 761. The maximum Gasteiger partial charge on any atom is 0.177 e. The molecule has 1 aliphatic heterocycles. The summed E-state index contributed by atoms with van der Waals surface area (Å²) in [7, 11) is 0. The van der Waals surface area contributed by atoms with Crippen molar-refractivity contribution >= 4 is 11.5 Å². The molecule has 4 rings (SSSR count). The number of hydrogen-bond donors (Lipinski definition) is 0. The van der Waals surface area contributed by atoms with E-state index in [1.807, 2.05) is 12.1 Å². The van der Waals surface area contributed by atoms with Crippen LogP contribution in [-0.2, 0) is 6.42 Å². The average Bonchev–Trinajstić information content (AvgIpc) is 3.09. The van der Waals surface area contributed by atoms with Crippen LogP contribution in [0.25, 0.3) is 5.65 Å². The summed E-state index contributed by atoms with van der Waals surface area (Å²) in [6.45, 7) is 5.30. The van der Waals surface area contributed by atoms with Gasteiger partial charge in [0, 0.05) is 32.7 Å². The zero-order valence-corrected chi connectivity index (χ0v) is 13.0. The van der Waals surface area contributed by atoms with Crippen molar-refractivity contribution < 1.29 is 0 Å². The van der Waals surface area contributed by atoms with Crippen LogP contribution in [0.1, 0.15) is 5.56 Å². The molecule has 3 aromatic rings. The van der Waals surface area contributed by atoms with Gasteiger partial charge in [-0.25, -0.2) is 0 Å². The van der Waals surface area contributed by atoms with Crippen LogP contribution in [0.15, 0.2) is 48.8 Å². The van der Waals surface area contributed by atoms with E-state index in [9.17, 15) is 0 Å². The summed E-state index contributed by atoms with van der Waals surface area (Å²) in [5.74, 6) is 1.00. The van der Waals surface area contributed by atoms with Gasteiger partial charge in [0.05, 0.1) is 0 Å². The number of benzene rings is 1. The molecule has 0 radical (unpaired) electrons. The third-order valence-electron chi connectivity index (χ3n) is 4.40. The van der Waals surface area contributed by atoms with E-state index in [-0.39, 0.29) is 0 Å². The molecule has 0 spiro atoms. The number of hydrogen-bond acceptors (Lipinski definition) is 5. The Hall–Kier alpha value is -2.47. The Balaban J connectivity index is 1.33. The first-order chi connectivity index (χ1) is 11.4. The van der Waals surface area contributed by atoms with Gasteiger partial charge in [0.25, 0.3) is 0 Å². The van der Waals surface area contributed by atoms with Crippen molar-refractivity contribution in [2.45, 2.75) is 6.42 Å². The molecule has 1 saturated heterocycles. The van der Waals surface area contributed by atoms with Gasteiger partial charge in [0.1, 0.15) is 12.1 Å². The van der Waals surface area contributed by atoms with Gasteiger partial charge >= 0.3 is 0 Å². The van der Waals surface area contributed by atoms with Crippen LogP contribution in [0.5, 0.6) is 0 Å². The predicted molar refractivity (Wildman–Crippen MR) is 89.6 cm³/mol. The Morgan fingerprint density at radius 2 is 1.74 bits per heavy atom. The van der Waals surface area contributed by atoms with Crippen LogP contribution in [0, 0.1) is 0 Å². The molecular weight excluding hydrogens is 288 g/mol. The van der Waals surface area contributed by atoms with Crippen LogP contribution in [0.2, 0.25) is 0 Å². The fourth-order valence-corrected chi connectivity index (χ4v) is 3.02. The molecule has 1 aromatic carbocycles. The highest BCUT2D eigenvalue weighted by atomic mass is 15.4. The Kier molecular flexibility index (Phi) is 3.90. The molecule has 1 aliphatic rings. The van der Waals surface area contributed by atoms with Crippen molar-refractivity contribution in [3.63, 3.8) is 0 Å². The summed E-state index contributed by atoms with van der Waals surface area (Å²) in [6.07, 6.45) is 2.76. The lowest BCUT2D eigenvalue weighted by atomic mass is 10.1. The number of rotatable bonds is 4. The van der Waals surface area contributed by atoms with Crippen LogP contribution < -0.4 is 4.90 Å². The minimum Gasteiger partial charge on any atom is -0.353 e. The normalized spacial score (nSPS) is 16.1. The SMILES string of the molecule is c1ccc(CCN2CCN(c3ccc4nncn4n3)CC2)cc1. The summed E-state index contributed by atoms with van der Waals surface area (Å²) in [4.78, 5) is 4.86. The Morgan fingerprint density at radius 3 is 2.57 bits per heavy atom. The summed E-state index contributed by atoms with van der Waals surface area (Å²) < 4.78 is 1.73. The molecule has 6 nitrogen and oxygen atoms in total. The second kappa shape index (κ2) is 6.34. The van der Waals surface area contributed by atoms with Crippen molar-refractivity contribution in [2.24, 2.45) is 0 Å². The van der Waals surface area contributed by atoms with E-state index < -0.39 is 0 Å². The number of piperazine rings is 1. The zero-order valence-electron chi connectivity index (χ0n) is 13.0. The van der Waals surface area contributed by atoms with Crippen LogP contribution >= 0.6 is 0 Å². The number of anilines is 1. The van der Waals surface area contributed by atoms with Crippen LogP contribution in [0.4, 0.5) is 5.82 Å². The fraction of sp³-hybridized carbons (Fsp3) is 0.353. The molecule has 0 amide bonds. The van der Waals surface area contributed by atoms with Gasteiger partial charge in [-0.1, -0.05) is 30.3 Å². The fourth-order valence-electron chi connectivity index (χ4n) is 3.02. The summed E-state index contributed by atoms with van der Waals surface area (Å²) in [5, 5.41) is 12.4. The quantitative estimate of drug-likeness (QED) is 0.731. The monoisotopic (exact) mass is 308 g/mol. The molecule has 3 heterocycles. The summed E-state index contributed by atoms with van der Waals surface area (Å²) in [5.41, 5.74) is 2.20. The summed E-state index contributed by atoms with van der Waals surface area (Å²) >= 11 is 0. The third-order valence-corrected chi connectivity index (χ3v) is 4.40. The van der Waals surface area contributed by atoms with Gasteiger partial charge < -0.3 is 4.90 Å². The van der Waals surface area contributed by atoms with Gasteiger partial charge in [0.2, 0.25) is 0 Å². The van der Waals surface area contributed by atoms with E-state index in [1.54, 1.807) is 10.8 Å². The smallest absolute Gasteiger partial charge is 0.177 e.